The van der Waals surface area contributed by atoms with E-state index >= 15 is 0 Å². The number of aromatic nitrogens is 1. The molecule has 0 spiro atoms. The van der Waals surface area contributed by atoms with Crippen LogP contribution in [0.2, 0.25) is 5.02 Å². The predicted molar refractivity (Wildman–Crippen MR) is 106 cm³/mol. The monoisotopic (exact) mass is 402 g/mol. The number of pyridine rings is 1. The van der Waals surface area contributed by atoms with Gasteiger partial charge in [-0.25, -0.2) is 8.42 Å². The van der Waals surface area contributed by atoms with Gasteiger partial charge in [0, 0.05) is 30.4 Å². The maximum atomic E-state index is 13.3. The molecule has 1 aliphatic heterocycles. The lowest BCUT2D eigenvalue weighted by molar-refractivity contribution is 0.130. The summed E-state index contributed by atoms with van der Waals surface area (Å²) in [6.45, 7) is 0.777. The summed E-state index contributed by atoms with van der Waals surface area (Å²) in [6.07, 6.45) is 4.39. The van der Waals surface area contributed by atoms with E-state index in [9.17, 15) is 8.42 Å². The average molecular weight is 403 g/mol. The molecular formula is C20H19ClN2O3S. The van der Waals surface area contributed by atoms with E-state index in [4.69, 9.17) is 16.3 Å². The molecular weight excluding hydrogens is 384 g/mol. The molecule has 1 atom stereocenters. The molecule has 0 N–H and O–H groups in total. The van der Waals surface area contributed by atoms with Gasteiger partial charge in [-0.3, -0.25) is 4.98 Å². The Morgan fingerprint density at radius 3 is 2.78 bits per heavy atom. The summed E-state index contributed by atoms with van der Waals surface area (Å²) in [7, 11) is -3.62. The second-order valence-corrected chi connectivity index (χ2v) is 8.84. The summed E-state index contributed by atoms with van der Waals surface area (Å²) in [6, 6.07) is 14.6. The number of ether oxygens (including phenoxy) is 1. The second kappa shape index (κ2) is 7.46. The normalized spacial score (nSPS) is 18.5. The first-order valence-electron chi connectivity index (χ1n) is 8.80. The summed E-state index contributed by atoms with van der Waals surface area (Å²) in [5.41, 5.74) is 0. The van der Waals surface area contributed by atoms with Crippen molar-refractivity contribution in [3.8, 4) is 5.75 Å². The smallest absolute Gasteiger partial charge is 0.243 e. The number of nitrogens with zero attached hydrogens (tertiary/aromatic N) is 2. The van der Waals surface area contributed by atoms with Gasteiger partial charge < -0.3 is 4.74 Å². The highest BCUT2D eigenvalue weighted by Crippen LogP contribution is 2.30. The van der Waals surface area contributed by atoms with Crippen LogP contribution in [0.15, 0.2) is 65.8 Å². The van der Waals surface area contributed by atoms with Crippen molar-refractivity contribution in [2.75, 3.05) is 13.1 Å². The van der Waals surface area contributed by atoms with Gasteiger partial charge in [0.15, 0.2) is 0 Å². The fourth-order valence-corrected chi connectivity index (χ4v) is 5.31. The number of halogens is 1. The zero-order valence-electron chi connectivity index (χ0n) is 14.6. The topological polar surface area (TPSA) is 59.5 Å². The predicted octanol–water partition coefficient (Wildman–Crippen LogP) is 4.12. The third-order valence-electron chi connectivity index (χ3n) is 4.74. The summed E-state index contributed by atoms with van der Waals surface area (Å²) in [4.78, 5) is 4.28. The molecule has 1 aromatic heterocycles. The SMILES string of the molecule is O=S(=O)(c1cccc2ccccc12)N1CCCC(Oc2ccncc2Cl)C1. The molecule has 5 nitrogen and oxygen atoms in total. The van der Waals surface area contributed by atoms with Crippen LogP contribution in [0.5, 0.6) is 5.75 Å². The minimum Gasteiger partial charge on any atom is -0.487 e. The fourth-order valence-electron chi connectivity index (χ4n) is 3.42. The number of hydrogen-bond donors (Lipinski definition) is 0. The Morgan fingerprint density at radius 1 is 1.11 bits per heavy atom. The lowest BCUT2D eigenvalue weighted by Crippen LogP contribution is -2.44. The highest BCUT2D eigenvalue weighted by molar-refractivity contribution is 7.89. The van der Waals surface area contributed by atoms with E-state index in [2.05, 4.69) is 4.98 Å². The maximum absolute atomic E-state index is 13.3. The second-order valence-electron chi connectivity index (χ2n) is 6.53. The van der Waals surface area contributed by atoms with Gasteiger partial charge in [-0.2, -0.15) is 4.31 Å². The van der Waals surface area contributed by atoms with Gasteiger partial charge in [-0.15, -0.1) is 0 Å². The fraction of sp³-hybridized carbons (Fsp3) is 0.250. The molecule has 0 radical (unpaired) electrons. The zero-order valence-corrected chi connectivity index (χ0v) is 16.2. The van der Waals surface area contributed by atoms with Crippen molar-refractivity contribution in [2.45, 2.75) is 23.8 Å². The van der Waals surface area contributed by atoms with E-state index in [1.165, 1.54) is 10.5 Å². The summed E-state index contributed by atoms with van der Waals surface area (Å²) in [5, 5.41) is 2.07. The Kier molecular flexibility index (Phi) is 5.04. The number of piperidine rings is 1. The molecule has 0 saturated carbocycles. The van der Waals surface area contributed by atoms with E-state index in [0.29, 0.717) is 28.8 Å². The van der Waals surface area contributed by atoms with Gasteiger partial charge in [-0.05, 0) is 24.3 Å². The first-order chi connectivity index (χ1) is 13.1. The average Bonchev–Trinajstić information content (AvgIpc) is 2.69. The summed E-state index contributed by atoms with van der Waals surface area (Å²) in [5.74, 6) is 0.529. The van der Waals surface area contributed by atoms with Crippen molar-refractivity contribution in [2.24, 2.45) is 0 Å². The Bertz CT molecular complexity index is 1070. The van der Waals surface area contributed by atoms with Crippen molar-refractivity contribution < 1.29 is 13.2 Å². The van der Waals surface area contributed by atoms with Crippen LogP contribution in [-0.2, 0) is 10.0 Å². The molecule has 0 aliphatic carbocycles. The molecule has 1 unspecified atom stereocenters. The van der Waals surface area contributed by atoms with E-state index in [1.807, 2.05) is 30.3 Å². The van der Waals surface area contributed by atoms with Gasteiger partial charge in [0.25, 0.3) is 0 Å². The molecule has 140 valence electrons. The van der Waals surface area contributed by atoms with Crippen molar-refractivity contribution in [3.05, 3.63) is 65.9 Å². The first kappa shape index (κ1) is 18.2. The Morgan fingerprint density at radius 2 is 1.93 bits per heavy atom. The molecule has 7 heteroatoms. The van der Waals surface area contributed by atoms with Gasteiger partial charge in [-0.1, -0.05) is 48.0 Å². The largest absolute Gasteiger partial charge is 0.487 e. The third-order valence-corrected chi connectivity index (χ3v) is 6.94. The summed E-state index contributed by atoms with van der Waals surface area (Å²) < 4.78 is 34.1. The van der Waals surface area contributed by atoms with Crippen LogP contribution in [0.3, 0.4) is 0 Å². The van der Waals surface area contributed by atoms with Crippen LogP contribution in [-0.4, -0.2) is 36.9 Å². The molecule has 1 aliphatic rings. The van der Waals surface area contributed by atoms with E-state index in [0.717, 1.165) is 23.6 Å². The van der Waals surface area contributed by atoms with Gasteiger partial charge in [0.1, 0.15) is 16.9 Å². The Labute approximate surface area is 163 Å². The van der Waals surface area contributed by atoms with Crippen molar-refractivity contribution in [3.63, 3.8) is 0 Å². The number of sulfonamides is 1. The Hall–Kier alpha value is -2.15. The third kappa shape index (κ3) is 3.65. The van der Waals surface area contributed by atoms with Crippen molar-refractivity contribution in [1.82, 2.24) is 9.29 Å². The van der Waals surface area contributed by atoms with Gasteiger partial charge >= 0.3 is 0 Å². The highest BCUT2D eigenvalue weighted by Gasteiger charge is 2.32. The molecule has 0 amide bonds. The molecule has 27 heavy (non-hydrogen) atoms. The van der Waals surface area contributed by atoms with E-state index in [1.54, 1.807) is 24.4 Å². The quantitative estimate of drug-likeness (QED) is 0.658. The van der Waals surface area contributed by atoms with Crippen LogP contribution in [0, 0.1) is 0 Å². The molecule has 0 bridgehead atoms. The van der Waals surface area contributed by atoms with Crippen LogP contribution in [0.1, 0.15) is 12.8 Å². The van der Waals surface area contributed by atoms with E-state index in [-0.39, 0.29) is 6.10 Å². The lowest BCUT2D eigenvalue weighted by Gasteiger charge is -2.32. The van der Waals surface area contributed by atoms with Crippen LogP contribution in [0.25, 0.3) is 10.8 Å². The minimum atomic E-state index is -3.62. The molecule has 1 fully saturated rings. The minimum absolute atomic E-state index is 0.247. The number of fused-ring (bicyclic) bond motifs is 1. The lowest BCUT2D eigenvalue weighted by atomic mass is 10.1. The molecule has 4 rings (SSSR count). The van der Waals surface area contributed by atoms with Crippen LogP contribution < -0.4 is 4.74 Å². The Balaban J connectivity index is 1.61. The highest BCUT2D eigenvalue weighted by atomic mass is 35.5. The van der Waals surface area contributed by atoms with Crippen molar-refractivity contribution >= 4 is 32.4 Å². The van der Waals surface area contributed by atoms with Crippen LogP contribution in [0.4, 0.5) is 0 Å². The van der Waals surface area contributed by atoms with Crippen LogP contribution >= 0.6 is 11.6 Å². The molecule has 2 aromatic carbocycles. The summed E-state index contributed by atoms with van der Waals surface area (Å²) >= 11 is 6.11. The number of hydrogen-bond acceptors (Lipinski definition) is 4. The number of benzene rings is 2. The maximum Gasteiger partial charge on any atom is 0.243 e. The van der Waals surface area contributed by atoms with Crippen molar-refractivity contribution in [1.29, 1.82) is 0 Å². The number of rotatable bonds is 4. The molecule has 1 saturated heterocycles. The molecule has 3 aromatic rings. The van der Waals surface area contributed by atoms with E-state index < -0.39 is 10.0 Å². The standard InChI is InChI=1S/C20H19ClN2O3S/c21-18-13-22-11-10-19(18)26-16-7-4-12-23(14-16)27(24,25)20-9-3-6-15-5-1-2-8-17(15)20/h1-3,5-6,8-11,13,16H,4,7,12,14H2. The zero-order chi connectivity index (χ0) is 18.9. The molecule has 2 heterocycles. The van der Waals surface area contributed by atoms with Gasteiger partial charge in [0.05, 0.1) is 11.4 Å². The van der Waals surface area contributed by atoms with Gasteiger partial charge in [0.2, 0.25) is 10.0 Å². The first-order valence-corrected chi connectivity index (χ1v) is 10.6.